The summed E-state index contributed by atoms with van der Waals surface area (Å²) in [4.78, 5) is 11.9. The molecule has 0 saturated heterocycles. The Morgan fingerprint density at radius 3 is 2.90 bits per heavy atom. The number of ketones is 1. The van der Waals surface area contributed by atoms with E-state index in [4.69, 9.17) is 17.3 Å². The fraction of sp³-hybridized carbons (Fsp3) is 0.214. The van der Waals surface area contributed by atoms with Crippen molar-refractivity contribution < 1.29 is 9.42 Å². The van der Waals surface area contributed by atoms with Crippen LogP contribution in [0.2, 0.25) is 5.02 Å². The van der Waals surface area contributed by atoms with Crippen LogP contribution in [0.3, 0.4) is 0 Å². The molecular formula is C14H13ClN4O2. The summed E-state index contributed by atoms with van der Waals surface area (Å²) in [6.45, 7) is 0. The number of rotatable bonds is 3. The number of nitrogens with zero attached hydrogens (tertiary/aromatic N) is 2. The van der Waals surface area contributed by atoms with E-state index < -0.39 is 0 Å². The number of halogens is 1. The van der Waals surface area contributed by atoms with E-state index in [9.17, 15) is 4.79 Å². The first-order chi connectivity index (χ1) is 10.1. The Labute approximate surface area is 125 Å². The number of nitrogens with one attached hydrogen (secondary N) is 1. The quantitative estimate of drug-likeness (QED) is 0.905. The molecule has 3 rings (SSSR count). The summed E-state index contributed by atoms with van der Waals surface area (Å²) < 4.78 is 4.52. The highest BCUT2D eigenvalue weighted by Gasteiger charge is 2.23. The van der Waals surface area contributed by atoms with Crippen LogP contribution >= 0.6 is 11.6 Å². The molecule has 1 heterocycles. The molecule has 21 heavy (non-hydrogen) atoms. The van der Waals surface area contributed by atoms with Gasteiger partial charge in [0.15, 0.2) is 5.78 Å². The van der Waals surface area contributed by atoms with E-state index in [2.05, 4.69) is 20.3 Å². The summed E-state index contributed by atoms with van der Waals surface area (Å²) in [5, 5.41) is 10.8. The summed E-state index contributed by atoms with van der Waals surface area (Å²) in [6, 6.07) is 7.55. The molecular weight excluding hydrogens is 292 g/mol. The van der Waals surface area contributed by atoms with E-state index in [0.717, 1.165) is 11.3 Å². The molecule has 1 atom stereocenters. The molecule has 0 fully saturated rings. The summed E-state index contributed by atoms with van der Waals surface area (Å²) in [5.74, 6) is 0.600. The lowest BCUT2D eigenvalue weighted by molar-refractivity contribution is -0.115. The second-order valence-electron chi connectivity index (χ2n) is 4.92. The van der Waals surface area contributed by atoms with Gasteiger partial charge in [0.2, 0.25) is 11.6 Å². The first-order valence-corrected chi connectivity index (χ1v) is 6.83. The Hall–Kier alpha value is -2.34. The second-order valence-corrected chi connectivity index (χ2v) is 5.36. The number of nitrogens with two attached hydrogens (primary N) is 1. The summed E-state index contributed by atoms with van der Waals surface area (Å²) in [6.07, 6.45) is 2.69. The van der Waals surface area contributed by atoms with E-state index in [-0.39, 0.29) is 17.5 Å². The van der Waals surface area contributed by atoms with Gasteiger partial charge in [-0.3, -0.25) is 4.79 Å². The molecule has 0 aliphatic heterocycles. The van der Waals surface area contributed by atoms with Gasteiger partial charge in [-0.2, -0.15) is 0 Å². The number of allylic oxidation sites excluding steroid dienone is 2. The zero-order valence-corrected chi connectivity index (χ0v) is 11.8. The van der Waals surface area contributed by atoms with Crippen LogP contribution in [0.25, 0.3) is 0 Å². The minimum absolute atomic E-state index is 0.0451. The molecule has 0 radical (unpaired) electrons. The van der Waals surface area contributed by atoms with Crippen molar-refractivity contribution in [2.24, 2.45) is 0 Å². The molecule has 6 nitrogen and oxygen atoms in total. The number of carbonyl (C=O) groups is 1. The molecule has 0 unspecified atom stereocenters. The van der Waals surface area contributed by atoms with Gasteiger partial charge in [0.1, 0.15) is 0 Å². The van der Waals surface area contributed by atoms with Gasteiger partial charge in [-0.25, -0.2) is 4.63 Å². The van der Waals surface area contributed by atoms with Crippen LogP contribution in [-0.4, -0.2) is 16.1 Å². The predicted molar refractivity (Wildman–Crippen MR) is 78.9 cm³/mol. The number of carbonyl (C=O) groups excluding carboxylic acids is 1. The summed E-state index contributed by atoms with van der Waals surface area (Å²) >= 11 is 6.01. The average Bonchev–Trinajstić information content (AvgIpc) is 2.84. The Kier molecular flexibility index (Phi) is 3.62. The minimum atomic E-state index is 0.0451. The molecule has 1 aromatic carbocycles. The fourth-order valence-corrected chi connectivity index (χ4v) is 2.61. The lowest BCUT2D eigenvalue weighted by Crippen LogP contribution is -2.17. The Morgan fingerprint density at radius 2 is 2.19 bits per heavy atom. The van der Waals surface area contributed by atoms with Crippen molar-refractivity contribution in [2.45, 2.75) is 18.8 Å². The monoisotopic (exact) mass is 304 g/mol. The minimum Gasteiger partial charge on any atom is -0.378 e. The van der Waals surface area contributed by atoms with Crippen LogP contribution in [-0.2, 0) is 4.79 Å². The number of aromatic nitrogens is 2. The lowest BCUT2D eigenvalue weighted by atomic mass is 9.85. The van der Waals surface area contributed by atoms with Crippen LogP contribution in [0, 0.1) is 0 Å². The number of anilines is 2. The topological polar surface area (TPSA) is 94.0 Å². The molecule has 0 saturated carbocycles. The molecule has 0 bridgehead atoms. The Morgan fingerprint density at radius 1 is 1.33 bits per heavy atom. The van der Waals surface area contributed by atoms with E-state index in [1.807, 2.05) is 24.3 Å². The maximum atomic E-state index is 11.9. The third-order valence-corrected chi connectivity index (χ3v) is 3.60. The van der Waals surface area contributed by atoms with Crippen molar-refractivity contribution in [3.63, 3.8) is 0 Å². The molecule has 1 aliphatic carbocycles. The van der Waals surface area contributed by atoms with Gasteiger partial charge in [0, 0.05) is 23.2 Å². The molecule has 0 spiro atoms. The molecule has 1 aliphatic rings. The highest BCUT2D eigenvalue weighted by molar-refractivity contribution is 6.30. The molecule has 0 amide bonds. The van der Waals surface area contributed by atoms with Crippen LogP contribution in [0.5, 0.6) is 0 Å². The van der Waals surface area contributed by atoms with Gasteiger partial charge < -0.3 is 11.1 Å². The van der Waals surface area contributed by atoms with Gasteiger partial charge in [-0.15, -0.1) is 0 Å². The molecule has 108 valence electrons. The number of hydrogen-bond donors (Lipinski definition) is 2. The maximum absolute atomic E-state index is 11.9. The third-order valence-electron chi connectivity index (χ3n) is 3.36. The number of benzene rings is 1. The van der Waals surface area contributed by atoms with Crippen molar-refractivity contribution in [1.82, 2.24) is 10.3 Å². The third kappa shape index (κ3) is 3.05. The number of nitrogen functional groups attached to an aromatic ring is 1. The van der Waals surface area contributed by atoms with Gasteiger partial charge >= 0.3 is 0 Å². The first-order valence-electron chi connectivity index (χ1n) is 6.46. The van der Waals surface area contributed by atoms with Crippen molar-refractivity contribution in [3.8, 4) is 0 Å². The molecule has 3 N–H and O–H groups in total. The molecule has 1 aromatic heterocycles. The van der Waals surface area contributed by atoms with E-state index in [1.165, 1.54) is 0 Å². The zero-order chi connectivity index (χ0) is 14.8. The van der Waals surface area contributed by atoms with Crippen molar-refractivity contribution in [3.05, 3.63) is 46.6 Å². The van der Waals surface area contributed by atoms with Crippen LogP contribution in [0.1, 0.15) is 24.3 Å². The zero-order valence-electron chi connectivity index (χ0n) is 11.0. The van der Waals surface area contributed by atoms with Crippen LogP contribution in [0.4, 0.5) is 11.6 Å². The SMILES string of the molecule is Nc1nonc1NC1=CC(=O)C[C@@H](c2cccc(Cl)c2)C1. The van der Waals surface area contributed by atoms with Crippen molar-refractivity contribution >= 4 is 29.0 Å². The van der Waals surface area contributed by atoms with E-state index in [1.54, 1.807) is 6.08 Å². The Bertz CT molecular complexity index is 711. The van der Waals surface area contributed by atoms with Gasteiger partial charge in [-0.1, -0.05) is 23.7 Å². The Balaban J connectivity index is 1.80. The summed E-state index contributed by atoms with van der Waals surface area (Å²) in [7, 11) is 0. The highest BCUT2D eigenvalue weighted by atomic mass is 35.5. The molecule has 2 aromatic rings. The number of hydrogen-bond acceptors (Lipinski definition) is 6. The van der Waals surface area contributed by atoms with Gasteiger partial charge in [0.05, 0.1) is 0 Å². The van der Waals surface area contributed by atoms with Crippen LogP contribution in [0.15, 0.2) is 40.7 Å². The summed E-state index contributed by atoms with van der Waals surface area (Å²) in [5.41, 5.74) is 7.37. The van der Waals surface area contributed by atoms with Crippen molar-refractivity contribution in [1.29, 1.82) is 0 Å². The van der Waals surface area contributed by atoms with Crippen LogP contribution < -0.4 is 11.1 Å². The standard InChI is InChI=1S/C14H13ClN4O2/c15-10-3-1-2-8(4-10)9-5-11(7-12(20)6-9)17-14-13(16)18-21-19-14/h1-4,7,9H,5-6H2,(H2,16,18)(H,17,19)/t9-/m0/s1. The maximum Gasteiger partial charge on any atom is 0.219 e. The molecule has 7 heteroatoms. The average molecular weight is 305 g/mol. The second kappa shape index (κ2) is 5.57. The largest absolute Gasteiger partial charge is 0.378 e. The highest BCUT2D eigenvalue weighted by Crippen LogP contribution is 2.33. The van der Waals surface area contributed by atoms with Crippen molar-refractivity contribution in [2.75, 3.05) is 11.1 Å². The van der Waals surface area contributed by atoms with Gasteiger partial charge in [0.25, 0.3) is 0 Å². The smallest absolute Gasteiger partial charge is 0.219 e. The van der Waals surface area contributed by atoms with E-state index >= 15 is 0 Å². The van der Waals surface area contributed by atoms with E-state index in [0.29, 0.717) is 23.7 Å². The lowest BCUT2D eigenvalue weighted by Gasteiger charge is -2.22. The van der Waals surface area contributed by atoms with Gasteiger partial charge in [-0.05, 0) is 40.3 Å². The normalized spacial score (nSPS) is 18.4. The fourth-order valence-electron chi connectivity index (χ4n) is 2.41. The predicted octanol–water partition coefficient (Wildman–Crippen LogP) is 2.75. The first kappa shape index (κ1) is 13.6.